The fourth-order valence-corrected chi connectivity index (χ4v) is 2.22. The van der Waals surface area contributed by atoms with E-state index in [4.69, 9.17) is 23.2 Å². The second kappa shape index (κ2) is 5.52. The Morgan fingerprint density at radius 1 is 1.06 bits per heavy atom. The van der Waals surface area contributed by atoms with Crippen LogP contribution in [0, 0.1) is 5.82 Å². The third kappa shape index (κ3) is 3.45. The van der Waals surface area contributed by atoms with E-state index in [1.54, 1.807) is 6.07 Å². The Morgan fingerprint density at radius 3 is 2.53 bits per heavy atom. The topological polar surface area (TPSA) is 0 Å². The van der Waals surface area contributed by atoms with Crippen LogP contribution in [0.25, 0.3) is 0 Å². The third-order valence-corrected chi connectivity index (χ3v) is 3.16. The zero-order valence-electron chi connectivity index (χ0n) is 9.04. The second-order valence-corrected chi connectivity index (χ2v) is 4.82. The molecule has 0 spiro atoms. The molecule has 0 aromatic heterocycles. The van der Waals surface area contributed by atoms with Crippen molar-refractivity contribution >= 4 is 23.2 Å². The number of halogens is 3. The van der Waals surface area contributed by atoms with Gasteiger partial charge in [0, 0.05) is 5.02 Å². The minimum atomic E-state index is -0.265. The highest BCUT2D eigenvalue weighted by atomic mass is 35.5. The average Bonchev–Trinajstić information content (AvgIpc) is 2.29. The minimum Gasteiger partial charge on any atom is -0.207 e. The lowest BCUT2D eigenvalue weighted by Crippen LogP contribution is -1.96. The molecule has 0 saturated heterocycles. The van der Waals surface area contributed by atoms with Crippen molar-refractivity contribution in [2.45, 2.75) is 11.8 Å². The molecular weight excluding hydrogens is 258 g/mol. The predicted octanol–water partition coefficient (Wildman–Crippen LogP) is 5.00. The Kier molecular flexibility index (Phi) is 4.03. The van der Waals surface area contributed by atoms with E-state index in [0.717, 1.165) is 11.1 Å². The first-order chi connectivity index (χ1) is 8.15. The Balaban J connectivity index is 2.14. The first-order valence-electron chi connectivity index (χ1n) is 5.29. The van der Waals surface area contributed by atoms with Crippen molar-refractivity contribution in [1.82, 2.24) is 0 Å². The Bertz CT molecular complexity index is 511. The molecule has 88 valence electrons. The maximum atomic E-state index is 13.1. The molecule has 0 radical (unpaired) electrons. The molecule has 0 aliphatic heterocycles. The molecule has 0 N–H and O–H groups in total. The van der Waals surface area contributed by atoms with Crippen LogP contribution in [0.15, 0.2) is 48.5 Å². The summed E-state index contributed by atoms with van der Waals surface area (Å²) in [6.45, 7) is 0. The summed E-state index contributed by atoms with van der Waals surface area (Å²) in [5.74, 6) is -0.265. The van der Waals surface area contributed by atoms with Crippen LogP contribution < -0.4 is 0 Å². The van der Waals surface area contributed by atoms with E-state index in [2.05, 4.69) is 0 Å². The van der Waals surface area contributed by atoms with Crippen molar-refractivity contribution in [1.29, 1.82) is 0 Å². The van der Waals surface area contributed by atoms with Crippen LogP contribution in [-0.4, -0.2) is 0 Å². The maximum Gasteiger partial charge on any atom is 0.123 e. The summed E-state index contributed by atoms with van der Waals surface area (Å²) in [7, 11) is 0. The standard InChI is InChI=1S/C14H11Cl2F/c15-12-5-1-3-10(7-12)8-14(16)11-4-2-6-13(17)9-11/h1-7,9,14H,8H2. The summed E-state index contributed by atoms with van der Waals surface area (Å²) in [5.41, 5.74) is 1.83. The van der Waals surface area contributed by atoms with Crippen LogP contribution in [0.5, 0.6) is 0 Å². The molecule has 0 aliphatic rings. The third-order valence-electron chi connectivity index (χ3n) is 2.51. The van der Waals surface area contributed by atoms with Crippen molar-refractivity contribution in [2.75, 3.05) is 0 Å². The van der Waals surface area contributed by atoms with Crippen molar-refractivity contribution < 1.29 is 4.39 Å². The van der Waals surface area contributed by atoms with Gasteiger partial charge in [-0.3, -0.25) is 0 Å². The number of rotatable bonds is 3. The lowest BCUT2D eigenvalue weighted by Gasteiger charge is -2.10. The van der Waals surface area contributed by atoms with Gasteiger partial charge in [0.15, 0.2) is 0 Å². The van der Waals surface area contributed by atoms with Gasteiger partial charge in [-0.1, -0.05) is 35.9 Å². The highest BCUT2D eigenvalue weighted by molar-refractivity contribution is 6.30. The van der Waals surface area contributed by atoms with E-state index in [1.165, 1.54) is 12.1 Å². The quantitative estimate of drug-likeness (QED) is 0.688. The van der Waals surface area contributed by atoms with Crippen molar-refractivity contribution in [3.05, 3.63) is 70.5 Å². The first kappa shape index (κ1) is 12.4. The van der Waals surface area contributed by atoms with E-state index in [-0.39, 0.29) is 11.2 Å². The highest BCUT2D eigenvalue weighted by Crippen LogP contribution is 2.26. The lowest BCUT2D eigenvalue weighted by molar-refractivity contribution is 0.624. The SMILES string of the molecule is Fc1cccc(C(Cl)Cc2cccc(Cl)c2)c1. The maximum absolute atomic E-state index is 13.1. The highest BCUT2D eigenvalue weighted by Gasteiger charge is 2.09. The molecule has 0 saturated carbocycles. The number of hydrogen-bond acceptors (Lipinski definition) is 0. The molecule has 3 heteroatoms. The predicted molar refractivity (Wildman–Crippen MR) is 70.2 cm³/mol. The van der Waals surface area contributed by atoms with Gasteiger partial charge in [0.25, 0.3) is 0 Å². The van der Waals surface area contributed by atoms with E-state index in [1.807, 2.05) is 30.3 Å². The molecule has 17 heavy (non-hydrogen) atoms. The molecule has 0 bridgehead atoms. The molecule has 1 unspecified atom stereocenters. The summed E-state index contributed by atoms with van der Waals surface area (Å²) < 4.78 is 13.1. The number of benzene rings is 2. The summed E-state index contributed by atoms with van der Waals surface area (Å²) in [6.07, 6.45) is 0.631. The monoisotopic (exact) mass is 268 g/mol. The molecule has 0 amide bonds. The lowest BCUT2D eigenvalue weighted by atomic mass is 10.0. The van der Waals surface area contributed by atoms with Gasteiger partial charge in [-0.2, -0.15) is 0 Å². The molecule has 0 heterocycles. The van der Waals surface area contributed by atoms with Gasteiger partial charge in [-0.05, 0) is 41.8 Å². The van der Waals surface area contributed by atoms with Crippen LogP contribution >= 0.6 is 23.2 Å². The van der Waals surface area contributed by atoms with Gasteiger partial charge in [0.1, 0.15) is 5.82 Å². The Morgan fingerprint density at radius 2 is 1.82 bits per heavy atom. The fourth-order valence-electron chi connectivity index (χ4n) is 1.69. The fraction of sp³-hybridized carbons (Fsp3) is 0.143. The number of hydrogen-bond donors (Lipinski definition) is 0. The van der Waals surface area contributed by atoms with Crippen LogP contribution in [0.4, 0.5) is 4.39 Å². The summed E-state index contributed by atoms with van der Waals surface area (Å²) in [4.78, 5) is 0. The van der Waals surface area contributed by atoms with Gasteiger partial charge in [-0.25, -0.2) is 4.39 Å². The summed E-state index contributed by atoms with van der Waals surface area (Å²) in [5, 5.41) is 0.440. The van der Waals surface area contributed by atoms with Gasteiger partial charge in [-0.15, -0.1) is 11.6 Å². The molecule has 0 aliphatic carbocycles. The van der Waals surface area contributed by atoms with E-state index in [9.17, 15) is 4.39 Å². The van der Waals surface area contributed by atoms with E-state index in [0.29, 0.717) is 11.4 Å². The van der Waals surface area contributed by atoms with Gasteiger partial charge >= 0.3 is 0 Å². The van der Waals surface area contributed by atoms with Crippen molar-refractivity contribution in [3.63, 3.8) is 0 Å². The summed E-state index contributed by atoms with van der Waals surface area (Å²) >= 11 is 12.2. The Labute approximate surface area is 110 Å². The van der Waals surface area contributed by atoms with Crippen LogP contribution in [-0.2, 0) is 6.42 Å². The zero-order chi connectivity index (χ0) is 12.3. The average molecular weight is 269 g/mol. The molecule has 2 rings (SSSR count). The number of alkyl halides is 1. The summed E-state index contributed by atoms with van der Waals surface area (Å²) in [6, 6.07) is 13.9. The normalized spacial score (nSPS) is 12.4. The molecule has 0 nitrogen and oxygen atoms in total. The smallest absolute Gasteiger partial charge is 0.123 e. The van der Waals surface area contributed by atoms with E-state index >= 15 is 0 Å². The molecular formula is C14H11Cl2F. The van der Waals surface area contributed by atoms with Crippen molar-refractivity contribution in [3.8, 4) is 0 Å². The Hall–Kier alpha value is -1.05. The van der Waals surface area contributed by atoms with Gasteiger partial charge < -0.3 is 0 Å². The van der Waals surface area contributed by atoms with Crippen LogP contribution in [0.2, 0.25) is 5.02 Å². The minimum absolute atomic E-state index is 0.246. The van der Waals surface area contributed by atoms with Crippen LogP contribution in [0.3, 0.4) is 0 Å². The largest absolute Gasteiger partial charge is 0.207 e. The van der Waals surface area contributed by atoms with Crippen molar-refractivity contribution in [2.24, 2.45) is 0 Å². The van der Waals surface area contributed by atoms with E-state index < -0.39 is 0 Å². The first-order valence-corrected chi connectivity index (χ1v) is 6.10. The van der Waals surface area contributed by atoms with Crippen LogP contribution in [0.1, 0.15) is 16.5 Å². The van der Waals surface area contributed by atoms with Gasteiger partial charge in [0.05, 0.1) is 5.38 Å². The molecule has 0 fully saturated rings. The molecule has 2 aromatic rings. The zero-order valence-corrected chi connectivity index (χ0v) is 10.5. The van der Waals surface area contributed by atoms with Gasteiger partial charge in [0.2, 0.25) is 0 Å². The molecule has 1 atom stereocenters. The second-order valence-electron chi connectivity index (χ2n) is 3.86. The molecule has 2 aromatic carbocycles.